The summed E-state index contributed by atoms with van der Waals surface area (Å²) >= 11 is 1.69. The third-order valence-corrected chi connectivity index (χ3v) is 5.85. The number of halogens is 3. The van der Waals surface area contributed by atoms with Crippen molar-refractivity contribution in [1.29, 1.82) is 0 Å². The van der Waals surface area contributed by atoms with Gasteiger partial charge in [-0.2, -0.15) is 18.3 Å². The quantitative estimate of drug-likeness (QED) is 0.536. The third-order valence-electron chi connectivity index (χ3n) is 4.65. The van der Waals surface area contributed by atoms with Crippen LogP contribution in [0.3, 0.4) is 0 Å². The van der Waals surface area contributed by atoms with Crippen LogP contribution in [-0.2, 0) is 25.6 Å². The molecule has 0 atom stereocenters. The van der Waals surface area contributed by atoms with Gasteiger partial charge in [-0.05, 0) is 37.8 Å². The molecule has 4 heterocycles. The molecule has 0 amide bonds. The normalized spacial score (nSPS) is 14.6. The van der Waals surface area contributed by atoms with Crippen LogP contribution in [0.25, 0.3) is 15.9 Å². The van der Waals surface area contributed by atoms with Crippen molar-refractivity contribution in [3.63, 3.8) is 0 Å². The Morgan fingerprint density at radius 2 is 2.08 bits per heavy atom. The molecule has 0 saturated heterocycles. The molecule has 0 bridgehead atoms. The van der Waals surface area contributed by atoms with Gasteiger partial charge in [0.1, 0.15) is 17.7 Å². The van der Waals surface area contributed by atoms with E-state index in [0.717, 1.165) is 35.5 Å². The molecule has 0 aromatic carbocycles. The molecule has 0 saturated carbocycles. The van der Waals surface area contributed by atoms with Gasteiger partial charge in [0, 0.05) is 10.6 Å². The molecule has 0 N–H and O–H groups in total. The van der Waals surface area contributed by atoms with Crippen molar-refractivity contribution in [2.75, 3.05) is 0 Å². The second-order valence-electron chi connectivity index (χ2n) is 6.40. The van der Waals surface area contributed by atoms with E-state index in [2.05, 4.69) is 20.2 Å². The van der Waals surface area contributed by atoms with Crippen LogP contribution in [-0.4, -0.2) is 29.4 Å². The molecule has 10 heteroatoms. The van der Waals surface area contributed by atoms with Crippen LogP contribution in [0.15, 0.2) is 12.4 Å². The van der Waals surface area contributed by atoms with Gasteiger partial charge in [-0.1, -0.05) is 0 Å². The number of alkyl halides is 3. The molecule has 0 aliphatic heterocycles. The standard InChI is InChI=1S/C16H13F3N6S/c1-8-5-11(16(17,18)19)22-24(8)6-12-21-14-13-9-3-2-4-10(9)26-15(13)20-7-25(14)23-12/h5,7H,2-4,6H2,1H3. The highest BCUT2D eigenvalue weighted by Crippen LogP contribution is 2.37. The number of aromatic nitrogens is 6. The first-order chi connectivity index (χ1) is 12.4. The Labute approximate surface area is 149 Å². The van der Waals surface area contributed by atoms with Crippen molar-refractivity contribution in [3.05, 3.63) is 40.0 Å². The van der Waals surface area contributed by atoms with E-state index >= 15 is 0 Å². The van der Waals surface area contributed by atoms with Crippen LogP contribution in [0.4, 0.5) is 13.2 Å². The van der Waals surface area contributed by atoms with E-state index < -0.39 is 11.9 Å². The lowest BCUT2D eigenvalue weighted by atomic mass is 10.2. The summed E-state index contributed by atoms with van der Waals surface area (Å²) in [6, 6.07) is 1.03. The first-order valence-electron chi connectivity index (χ1n) is 8.16. The Kier molecular flexibility index (Phi) is 3.18. The van der Waals surface area contributed by atoms with Gasteiger partial charge in [0.2, 0.25) is 0 Å². The van der Waals surface area contributed by atoms with Crippen LogP contribution in [0.1, 0.15) is 34.1 Å². The van der Waals surface area contributed by atoms with Crippen LogP contribution in [0.5, 0.6) is 0 Å². The van der Waals surface area contributed by atoms with Crippen molar-refractivity contribution >= 4 is 27.2 Å². The van der Waals surface area contributed by atoms with Gasteiger partial charge >= 0.3 is 6.18 Å². The van der Waals surface area contributed by atoms with Gasteiger partial charge in [-0.15, -0.1) is 16.4 Å². The maximum Gasteiger partial charge on any atom is 0.435 e. The lowest BCUT2D eigenvalue weighted by Crippen LogP contribution is -2.09. The van der Waals surface area contributed by atoms with Crippen LogP contribution in [0, 0.1) is 6.92 Å². The second kappa shape index (κ2) is 5.26. The molecule has 1 aliphatic carbocycles. The van der Waals surface area contributed by atoms with Crippen molar-refractivity contribution in [1.82, 2.24) is 29.4 Å². The summed E-state index contributed by atoms with van der Waals surface area (Å²) in [4.78, 5) is 11.3. The zero-order valence-electron chi connectivity index (χ0n) is 13.7. The zero-order chi connectivity index (χ0) is 18.1. The maximum absolute atomic E-state index is 12.8. The number of thiophene rings is 1. The van der Waals surface area contributed by atoms with Crippen LogP contribution >= 0.6 is 11.3 Å². The minimum atomic E-state index is -4.46. The van der Waals surface area contributed by atoms with E-state index in [-0.39, 0.29) is 6.54 Å². The van der Waals surface area contributed by atoms with Crippen LogP contribution in [0.2, 0.25) is 0 Å². The largest absolute Gasteiger partial charge is 0.435 e. The minimum Gasteiger partial charge on any atom is -0.262 e. The predicted octanol–water partition coefficient (Wildman–Crippen LogP) is 3.40. The Bertz CT molecular complexity index is 1150. The summed E-state index contributed by atoms with van der Waals surface area (Å²) in [5.41, 5.74) is 1.51. The average molecular weight is 378 g/mol. The van der Waals surface area contributed by atoms with Crippen molar-refractivity contribution in [2.45, 2.75) is 38.9 Å². The molecule has 0 fully saturated rings. The van der Waals surface area contributed by atoms with Crippen LogP contribution < -0.4 is 0 Å². The summed E-state index contributed by atoms with van der Waals surface area (Å²) < 4.78 is 41.4. The lowest BCUT2D eigenvalue weighted by Gasteiger charge is -2.01. The first kappa shape index (κ1) is 15.7. The molecular weight excluding hydrogens is 365 g/mol. The predicted molar refractivity (Wildman–Crippen MR) is 89.3 cm³/mol. The van der Waals surface area contributed by atoms with E-state index in [4.69, 9.17) is 0 Å². The molecule has 5 rings (SSSR count). The molecule has 0 spiro atoms. The molecule has 0 unspecified atom stereocenters. The number of fused-ring (bicyclic) bond motifs is 5. The second-order valence-corrected chi connectivity index (χ2v) is 7.49. The lowest BCUT2D eigenvalue weighted by molar-refractivity contribution is -0.141. The van der Waals surface area contributed by atoms with E-state index in [9.17, 15) is 13.2 Å². The molecule has 0 radical (unpaired) electrons. The Hall–Kier alpha value is -2.49. The molecule has 4 aromatic rings. The number of nitrogens with zero attached hydrogens (tertiary/aromatic N) is 6. The smallest absolute Gasteiger partial charge is 0.262 e. The minimum absolute atomic E-state index is 0.0808. The fraction of sp³-hybridized carbons (Fsp3) is 0.375. The van der Waals surface area contributed by atoms with Gasteiger partial charge < -0.3 is 0 Å². The Balaban J connectivity index is 1.58. The summed E-state index contributed by atoms with van der Waals surface area (Å²) in [6.45, 7) is 1.67. The van der Waals surface area contributed by atoms with Gasteiger partial charge in [0.05, 0.1) is 5.39 Å². The first-order valence-corrected chi connectivity index (χ1v) is 8.98. The fourth-order valence-corrected chi connectivity index (χ4v) is 4.67. The van der Waals surface area contributed by atoms with Crippen molar-refractivity contribution in [3.8, 4) is 0 Å². The average Bonchev–Trinajstić information content (AvgIpc) is 3.29. The Morgan fingerprint density at radius 3 is 2.85 bits per heavy atom. The summed E-state index contributed by atoms with van der Waals surface area (Å²) in [6.07, 6.45) is 0.348. The number of hydrogen-bond donors (Lipinski definition) is 0. The fourth-order valence-electron chi connectivity index (χ4n) is 3.45. The van der Waals surface area contributed by atoms with E-state index in [1.54, 1.807) is 29.1 Å². The van der Waals surface area contributed by atoms with E-state index in [1.165, 1.54) is 15.1 Å². The SMILES string of the molecule is Cc1cc(C(F)(F)F)nn1Cc1nc2c3c4c(sc3ncn2n1)CCC4. The molecule has 4 aromatic heterocycles. The Morgan fingerprint density at radius 1 is 1.23 bits per heavy atom. The summed E-state index contributed by atoms with van der Waals surface area (Å²) in [7, 11) is 0. The highest BCUT2D eigenvalue weighted by molar-refractivity contribution is 7.19. The van der Waals surface area contributed by atoms with E-state index in [1.807, 2.05) is 0 Å². The molecule has 134 valence electrons. The molecule has 26 heavy (non-hydrogen) atoms. The highest BCUT2D eigenvalue weighted by Gasteiger charge is 2.34. The van der Waals surface area contributed by atoms with Gasteiger partial charge in [-0.25, -0.2) is 14.5 Å². The number of rotatable bonds is 2. The topological polar surface area (TPSA) is 60.9 Å². The maximum atomic E-state index is 12.8. The molecule has 6 nitrogen and oxygen atoms in total. The number of hydrogen-bond acceptors (Lipinski definition) is 5. The third kappa shape index (κ3) is 2.32. The molecular formula is C16H13F3N6S. The molecule has 1 aliphatic rings. The highest BCUT2D eigenvalue weighted by atomic mass is 32.1. The van der Waals surface area contributed by atoms with Gasteiger partial charge in [0.15, 0.2) is 17.2 Å². The zero-order valence-corrected chi connectivity index (χ0v) is 14.5. The van der Waals surface area contributed by atoms with Gasteiger partial charge in [0.25, 0.3) is 0 Å². The number of aryl methyl sites for hydroxylation is 3. The monoisotopic (exact) mass is 378 g/mol. The van der Waals surface area contributed by atoms with Crippen molar-refractivity contribution in [2.24, 2.45) is 0 Å². The van der Waals surface area contributed by atoms with Gasteiger partial charge in [-0.3, -0.25) is 4.68 Å². The summed E-state index contributed by atoms with van der Waals surface area (Å²) in [5.74, 6) is 0.414. The van der Waals surface area contributed by atoms with Crippen molar-refractivity contribution < 1.29 is 13.2 Å². The summed E-state index contributed by atoms with van der Waals surface area (Å²) in [5, 5.41) is 9.05. The van der Waals surface area contributed by atoms with E-state index in [0.29, 0.717) is 17.2 Å².